The number of halogens is 3. The minimum Gasteiger partial charge on any atom is -0.481 e. The molecule has 0 amide bonds. The van der Waals surface area contributed by atoms with Crippen LogP contribution in [0.5, 0.6) is 0 Å². The van der Waals surface area contributed by atoms with Gasteiger partial charge in [0.1, 0.15) is 11.0 Å². The van der Waals surface area contributed by atoms with Gasteiger partial charge >= 0.3 is 12.1 Å². The summed E-state index contributed by atoms with van der Waals surface area (Å²) >= 11 is 1.16. The number of thiazole rings is 1. The number of aromatic nitrogens is 3. The number of hydrogen-bond donors (Lipinski definition) is 1. The third-order valence-corrected chi connectivity index (χ3v) is 5.51. The van der Waals surface area contributed by atoms with Crippen molar-refractivity contribution in [2.75, 3.05) is 0 Å². The average molecular weight is 445 g/mol. The molecule has 0 bridgehead atoms. The van der Waals surface area contributed by atoms with Gasteiger partial charge < -0.3 is 5.11 Å². The van der Waals surface area contributed by atoms with Gasteiger partial charge in [0.2, 0.25) is 0 Å². The van der Waals surface area contributed by atoms with Crippen LogP contribution in [0.3, 0.4) is 0 Å². The van der Waals surface area contributed by atoms with Crippen molar-refractivity contribution in [3.05, 3.63) is 92.3 Å². The fourth-order valence-electron chi connectivity index (χ4n) is 3.37. The Balaban J connectivity index is 2.01. The first-order chi connectivity index (χ1) is 14.8. The van der Waals surface area contributed by atoms with Gasteiger partial charge in [-0.05, 0) is 23.8 Å². The molecule has 2 aromatic carbocycles. The van der Waals surface area contributed by atoms with Gasteiger partial charge in [0.05, 0.1) is 23.1 Å². The second-order valence-electron chi connectivity index (χ2n) is 6.71. The summed E-state index contributed by atoms with van der Waals surface area (Å²) in [5.41, 5.74) is -1.12. The molecule has 0 radical (unpaired) electrons. The number of carboxylic acid groups (broad SMARTS) is 1. The van der Waals surface area contributed by atoms with Crippen LogP contribution < -0.4 is 5.56 Å². The molecule has 4 aromatic rings. The van der Waals surface area contributed by atoms with E-state index >= 15 is 0 Å². The third-order valence-electron chi connectivity index (χ3n) is 4.68. The standard InChI is InChI=1S/C21H14F3N3O3S/c22-21(23,24)13-5-3-4-12(10-13)18(19-25-8-9-31-19)27-20(30)15-7-2-1-6-14(15)16(26-27)11-17(28)29/h1-10,18H,11H2,(H,28,29). The summed E-state index contributed by atoms with van der Waals surface area (Å²) in [5, 5.41) is 16.2. The number of carboxylic acids is 1. The molecule has 158 valence electrons. The molecular weight excluding hydrogens is 431 g/mol. The lowest BCUT2D eigenvalue weighted by Crippen LogP contribution is -2.30. The van der Waals surface area contributed by atoms with E-state index < -0.39 is 35.7 Å². The van der Waals surface area contributed by atoms with Crippen LogP contribution in [0.4, 0.5) is 13.2 Å². The molecule has 0 fully saturated rings. The maximum absolute atomic E-state index is 13.3. The fourth-order valence-corrected chi connectivity index (χ4v) is 4.11. The lowest BCUT2D eigenvalue weighted by molar-refractivity contribution is -0.138. The van der Waals surface area contributed by atoms with E-state index in [0.717, 1.165) is 28.2 Å². The van der Waals surface area contributed by atoms with Crippen molar-refractivity contribution in [3.8, 4) is 0 Å². The average Bonchev–Trinajstić information content (AvgIpc) is 3.25. The fraction of sp³-hybridized carbons (Fsp3) is 0.143. The van der Waals surface area contributed by atoms with Crippen LogP contribution in [0.25, 0.3) is 10.8 Å². The Hall–Kier alpha value is -3.53. The van der Waals surface area contributed by atoms with Gasteiger partial charge in [-0.25, -0.2) is 9.67 Å². The van der Waals surface area contributed by atoms with Crippen LogP contribution in [-0.2, 0) is 17.4 Å². The summed E-state index contributed by atoms with van der Waals surface area (Å²) in [4.78, 5) is 28.8. The van der Waals surface area contributed by atoms with Crippen LogP contribution in [0.15, 0.2) is 64.9 Å². The van der Waals surface area contributed by atoms with Gasteiger partial charge in [-0.1, -0.05) is 30.3 Å². The smallest absolute Gasteiger partial charge is 0.416 e. The number of carbonyl (C=O) groups is 1. The van der Waals surface area contributed by atoms with Gasteiger partial charge in [0.15, 0.2) is 0 Å². The third kappa shape index (κ3) is 4.06. The number of hydrogen-bond acceptors (Lipinski definition) is 5. The highest BCUT2D eigenvalue weighted by Crippen LogP contribution is 2.34. The van der Waals surface area contributed by atoms with Crippen molar-refractivity contribution >= 4 is 28.1 Å². The van der Waals surface area contributed by atoms with E-state index in [1.807, 2.05) is 0 Å². The first-order valence-electron chi connectivity index (χ1n) is 9.04. The van der Waals surface area contributed by atoms with E-state index in [2.05, 4.69) is 10.1 Å². The highest BCUT2D eigenvalue weighted by molar-refractivity contribution is 7.09. The van der Waals surface area contributed by atoms with Gasteiger partial charge in [0, 0.05) is 17.0 Å². The summed E-state index contributed by atoms with van der Waals surface area (Å²) in [6, 6.07) is 9.96. The van der Waals surface area contributed by atoms with Gasteiger partial charge in [-0.15, -0.1) is 11.3 Å². The van der Waals surface area contributed by atoms with E-state index in [0.29, 0.717) is 10.4 Å². The largest absolute Gasteiger partial charge is 0.481 e. The lowest BCUT2D eigenvalue weighted by atomic mass is 10.0. The topological polar surface area (TPSA) is 85.1 Å². The summed E-state index contributed by atoms with van der Waals surface area (Å²) in [6.45, 7) is 0. The zero-order valence-corrected chi connectivity index (χ0v) is 16.5. The zero-order chi connectivity index (χ0) is 22.2. The van der Waals surface area contributed by atoms with E-state index in [4.69, 9.17) is 0 Å². The molecule has 0 spiro atoms. The monoisotopic (exact) mass is 445 g/mol. The molecule has 0 aliphatic carbocycles. The Morgan fingerprint density at radius 1 is 1.13 bits per heavy atom. The highest BCUT2D eigenvalue weighted by atomic mass is 32.1. The molecule has 1 N–H and O–H groups in total. The normalized spacial score (nSPS) is 12.7. The van der Waals surface area contributed by atoms with Crippen LogP contribution in [-0.4, -0.2) is 25.8 Å². The summed E-state index contributed by atoms with van der Waals surface area (Å²) in [7, 11) is 0. The van der Waals surface area contributed by atoms with Gasteiger partial charge in [0.25, 0.3) is 5.56 Å². The second kappa shape index (κ2) is 7.95. The van der Waals surface area contributed by atoms with Crippen molar-refractivity contribution in [2.45, 2.75) is 18.6 Å². The van der Waals surface area contributed by atoms with Crippen LogP contribution in [0.2, 0.25) is 0 Å². The predicted octanol–water partition coefficient (Wildman–Crippen LogP) is 4.14. The van der Waals surface area contributed by atoms with Crippen LogP contribution in [0.1, 0.15) is 27.9 Å². The molecule has 0 aliphatic heterocycles. The Labute approximate surface area is 177 Å². The zero-order valence-electron chi connectivity index (χ0n) is 15.7. The maximum atomic E-state index is 13.3. The molecule has 6 nitrogen and oxygen atoms in total. The Morgan fingerprint density at radius 2 is 1.87 bits per heavy atom. The first-order valence-corrected chi connectivity index (χ1v) is 9.92. The molecule has 31 heavy (non-hydrogen) atoms. The lowest BCUT2D eigenvalue weighted by Gasteiger charge is -2.20. The minimum absolute atomic E-state index is 0.135. The summed E-state index contributed by atoms with van der Waals surface area (Å²) in [5.74, 6) is -1.15. The van der Waals surface area contributed by atoms with E-state index in [-0.39, 0.29) is 16.6 Å². The van der Waals surface area contributed by atoms with Crippen LogP contribution in [0, 0.1) is 0 Å². The molecule has 1 unspecified atom stereocenters. The summed E-state index contributed by atoms with van der Waals surface area (Å²) < 4.78 is 40.9. The molecule has 4 rings (SSSR count). The van der Waals surface area contributed by atoms with Crippen molar-refractivity contribution in [1.82, 2.24) is 14.8 Å². The van der Waals surface area contributed by atoms with E-state index in [1.54, 1.807) is 23.6 Å². The predicted molar refractivity (Wildman–Crippen MR) is 108 cm³/mol. The van der Waals surface area contributed by atoms with E-state index in [9.17, 15) is 27.9 Å². The number of nitrogens with zero attached hydrogens (tertiary/aromatic N) is 3. The number of aliphatic carboxylic acids is 1. The highest BCUT2D eigenvalue weighted by Gasteiger charge is 2.32. The molecule has 2 aromatic heterocycles. The quantitative estimate of drug-likeness (QED) is 0.499. The number of benzene rings is 2. The number of fused-ring (bicyclic) bond motifs is 1. The SMILES string of the molecule is O=C(O)Cc1nn(C(c2cccc(C(F)(F)F)c2)c2nccs2)c(=O)c2ccccc12. The van der Waals surface area contributed by atoms with Crippen molar-refractivity contribution in [1.29, 1.82) is 0 Å². The first kappa shape index (κ1) is 20.7. The molecule has 10 heteroatoms. The van der Waals surface area contributed by atoms with Crippen LogP contribution >= 0.6 is 11.3 Å². The van der Waals surface area contributed by atoms with Crippen molar-refractivity contribution < 1.29 is 23.1 Å². The Kier molecular flexibility index (Phi) is 5.32. The Bertz CT molecular complexity index is 1320. The molecular formula is C21H14F3N3O3S. The van der Waals surface area contributed by atoms with E-state index in [1.165, 1.54) is 24.4 Å². The molecule has 0 aliphatic rings. The molecule has 0 saturated heterocycles. The summed E-state index contributed by atoms with van der Waals surface area (Å²) in [6.07, 6.45) is -3.54. The maximum Gasteiger partial charge on any atom is 0.416 e. The molecule has 0 saturated carbocycles. The molecule has 1 atom stereocenters. The van der Waals surface area contributed by atoms with Gasteiger partial charge in [-0.3, -0.25) is 9.59 Å². The number of rotatable bonds is 5. The number of alkyl halides is 3. The Morgan fingerprint density at radius 3 is 2.52 bits per heavy atom. The molecule has 2 heterocycles. The minimum atomic E-state index is -4.57. The second-order valence-corrected chi connectivity index (χ2v) is 7.63. The van der Waals surface area contributed by atoms with Gasteiger partial charge in [-0.2, -0.15) is 18.3 Å². The van der Waals surface area contributed by atoms with Crippen molar-refractivity contribution in [3.63, 3.8) is 0 Å². The van der Waals surface area contributed by atoms with Crippen molar-refractivity contribution in [2.24, 2.45) is 0 Å².